The molecule has 0 radical (unpaired) electrons. The molecule has 1 aromatic rings. The van der Waals surface area contributed by atoms with Crippen molar-refractivity contribution in [3.8, 4) is 0 Å². The fourth-order valence-electron chi connectivity index (χ4n) is 3.16. The van der Waals surface area contributed by atoms with Crippen LogP contribution in [0.25, 0.3) is 0 Å². The van der Waals surface area contributed by atoms with Crippen LogP contribution in [0.15, 0.2) is 43.0 Å². The number of piperidine rings is 1. The van der Waals surface area contributed by atoms with Crippen LogP contribution >= 0.6 is 0 Å². The molecule has 0 aliphatic carbocycles. The maximum absolute atomic E-state index is 12.1. The largest absolute Gasteiger partial charge is 0.396 e. The van der Waals surface area contributed by atoms with Gasteiger partial charge < -0.3 is 15.7 Å². The van der Waals surface area contributed by atoms with Crippen LogP contribution in [0.1, 0.15) is 30.7 Å². The Morgan fingerprint density at radius 2 is 2.04 bits per heavy atom. The van der Waals surface area contributed by atoms with Crippen molar-refractivity contribution >= 4 is 6.03 Å². The first-order valence-corrected chi connectivity index (χ1v) is 8.76. The molecule has 1 aliphatic rings. The molecule has 1 heterocycles. The fourth-order valence-corrected chi connectivity index (χ4v) is 3.16. The van der Waals surface area contributed by atoms with E-state index in [0.717, 1.165) is 38.0 Å². The zero-order valence-corrected chi connectivity index (χ0v) is 14.3. The van der Waals surface area contributed by atoms with Crippen molar-refractivity contribution in [3.63, 3.8) is 0 Å². The lowest BCUT2D eigenvalue weighted by Crippen LogP contribution is -2.48. The zero-order chi connectivity index (χ0) is 17.2. The van der Waals surface area contributed by atoms with Crippen LogP contribution in [-0.4, -0.2) is 54.9 Å². The minimum atomic E-state index is -0.115. The molecule has 1 saturated heterocycles. The second-order valence-electron chi connectivity index (χ2n) is 6.34. The molecule has 0 bridgehead atoms. The van der Waals surface area contributed by atoms with Crippen molar-refractivity contribution in [2.75, 3.05) is 32.8 Å². The number of carbonyl (C=O) groups excluding carboxylic acids is 1. The summed E-state index contributed by atoms with van der Waals surface area (Å²) in [5.41, 5.74) is 1.14. The van der Waals surface area contributed by atoms with Crippen LogP contribution < -0.4 is 10.6 Å². The smallest absolute Gasteiger partial charge is 0.315 e. The van der Waals surface area contributed by atoms with Gasteiger partial charge >= 0.3 is 6.03 Å². The van der Waals surface area contributed by atoms with Gasteiger partial charge in [0.2, 0.25) is 0 Å². The maximum Gasteiger partial charge on any atom is 0.315 e. The fraction of sp³-hybridized carbons (Fsp3) is 0.526. The monoisotopic (exact) mass is 331 g/mol. The molecule has 1 aromatic carbocycles. The van der Waals surface area contributed by atoms with Crippen molar-refractivity contribution in [1.82, 2.24) is 15.5 Å². The Morgan fingerprint density at radius 1 is 1.33 bits per heavy atom. The van der Waals surface area contributed by atoms with Gasteiger partial charge in [0.1, 0.15) is 0 Å². The standard InChI is InChI=1S/C19H29N3O2/c1-2-11-22-12-8-18(9-13-22)21-19(24)20-15-17(10-14-23)16-6-4-3-5-7-16/h2-7,17-18,23H,1,8-15H2,(H2,20,21,24). The highest BCUT2D eigenvalue weighted by Gasteiger charge is 2.20. The average molecular weight is 331 g/mol. The number of carbonyl (C=O) groups is 1. The predicted molar refractivity (Wildman–Crippen MR) is 97.1 cm³/mol. The van der Waals surface area contributed by atoms with E-state index in [0.29, 0.717) is 13.0 Å². The van der Waals surface area contributed by atoms with Gasteiger partial charge in [0.05, 0.1) is 0 Å². The molecule has 2 rings (SSSR count). The lowest BCUT2D eigenvalue weighted by atomic mass is 9.96. The Hall–Kier alpha value is -1.85. The lowest BCUT2D eigenvalue weighted by Gasteiger charge is -2.31. The third kappa shape index (κ3) is 5.98. The van der Waals surface area contributed by atoms with E-state index in [1.165, 1.54) is 0 Å². The van der Waals surface area contributed by atoms with Gasteiger partial charge in [-0.3, -0.25) is 4.90 Å². The highest BCUT2D eigenvalue weighted by Crippen LogP contribution is 2.18. The van der Waals surface area contributed by atoms with Crippen LogP contribution in [0.2, 0.25) is 0 Å². The zero-order valence-electron chi connectivity index (χ0n) is 14.3. The van der Waals surface area contributed by atoms with Crippen molar-refractivity contribution in [2.24, 2.45) is 0 Å². The Kier molecular flexibility index (Phi) is 7.79. The first-order valence-electron chi connectivity index (χ1n) is 8.76. The molecule has 0 aromatic heterocycles. The molecule has 0 saturated carbocycles. The predicted octanol–water partition coefficient (Wildman–Crippen LogP) is 2.10. The number of benzene rings is 1. The Labute approximate surface area is 144 Å². The number of likely N-dealkylation sites (tertiary alicyclic amines) is 1. The van der Waals surface area contributed by atoms with Crippen molar-refractivity contribution in [1.29, 1.82) is 0 Å². The highest BCUT2D eigenvalue weighted by atomic mass is 16.3. The molecule has 0 spiro atoms. The summed E-state index contributed by atoms with van der Waals surface area (Å²) in [6.07, 6.45) is 4.51. The average Bonchev–Trinajstić information content (AvgIpc) is 2.61. The van der Waals surface area contributed by atoms with Crippen LogP contribution in [0.3, 0.4) is 0 Å². The van der Waals surface area contributed by atoms with Crippen LogP contribution in [-0.2, 0) is 0 Å². The third-order valence-electron chi connectivity index (χ3n) is 4.57. The number of urea groups is 1. The summed E-state index contributed by atoms with van der Waals surface area (Å²) in [5.74, 6) is 0.136. The second kappa shape index (κ2) is 10.1. The van der Waals surface area contributed by atoms with Gasteiger partial charge in [0.15, 0.2) is 0 Å². The van der Waals surface area contributed by atoms with Crippen LogP contribution in [0.5, 0.6) is 0 Å². The molecule has 3 N–H and O–H groups in total. The van der Waals surface area contributed by atoms with Crippen molar-refractivity contribution in [3.05, 3.63) is 48.6 Å². The maximum atomic E-state index is 12.1. The molecule has 1 atom stereocenters. The van der Waals surface area contributed by atoms with E-state index in [2.05, 4.69) is 22.1 Å². The first kappa shape index (κ1) is 18.5. The number of rotatable bonds is 8. The van der Waals surface area contributed by atoms with E-state index in [1.54, 1.807) is 0 Å². The quantitative estimate of drug-likeness (QED) is 0.639. The van der Waals surface area contributed by atoms with Gasteiger partial charge in [0, 0.05) is 44.7 Å². The summed E-state index contributed by atoms with van der Waals surface area (Å²) >= 11 is 0. The van der Waals surface area contributed by atoms with Gasteiger partial charge in [-0.2, -0.15) is 0 Å². The van der Waals surface area contributed by atoms with Gasteiger partial charge in [-0.15, -0.1) is 6.58 Å². The number of aliphatic hydroxyl groups excluding tert-OH is 1. The number of hydrogen-bond donors (Lipinski definition) is 3. The number of nitrogens with one attached hydrogen (secondary N) is 2. The van der Waals surface area contributed by atoms with Gasteiger partial charge in [-0.05, 0) is 24.8 Å². The molecule has 2 amide bonds. The second-order valence-corrected chi connectivity index (χ2v) is 6.34. The summed E-state index contributed by atoms with van der Waals surface area (Å²) in [5, 5.41) is 15.3. The van der Waals surface area contributed by atoms with E-state index in [1.807, 2.05) is 36.4 Å². The first-order chi connectivity index (χ1) is 11.7. The number of aliphatic hydroxyl groups is 1. The minimum absolute atomic E-state index is 0.115. The Bertz CT molecular complexity index is 499. The summed E-state index contributed by atoms with van der Waals surface area (Å²) in [7, 11) is 0. The third-order valence-corrected chi connectivity index (χ3v) is 4.57. The number of hydrogen-bond acceptors (Lipinski definition) is 3. The molecule has 5 nitrogen and oxygen atoms in total. The summed E-state index contributed by atoms with van der Waals surface area (Å²) in [6.45, 7) is 7.32. The number of amides is 2. The van der Waals surface area contributed by atoms with Crippen LogP contribution in [0.4, 0.5) is 4.79 Å². The van der Waals surface area contributed by atoms with Gasteiger partial charge in [-0.1, -0.05) is 36.4 Å². The number of nitrogens with zero attached hydrogens (tertiary/aromatic N) is 1. The van der Waals surface area contributed by atoms with E-state index < -0.39 is 0 Å². The molecule has 1 aliphatic heterocycles. The highest BCUT2D eigenvalue weighted by molar-refractivity contribution is 5.74. The molecule has 24 heavy (non-hydrogen) atoms. The SMILES string of the molecule is C=CCN1CCC(NC(=O)NCC(CCO)c2ccccc2)CC1. The molecular formula is C19H29N3O2. The molecule has 5 heteroatoms. The molecule has 1 fully saturated rings. The van der Waals surface area contributed by atoms with E-state index in [-0.39, 0.29) is 24.6 Å². The normalized spacial score (nSPS) is 17.2. The van der Waals surface area contributed by atoms with E-state index >= 15 is 0 Å². The topological polar surface area (TPSA) is 64.6 Å². The molecular weight excluding hydrogens is 302 g/mol. The van der Waals surface area contributed by atoms with E-state index in [4.69, 9.17) is 0 Å². The Balaban J connectivity index is 1.74. The summed E-state index contributed by atoms with van der Waals surface area (Å²) in [6, 6.07) is 10.1. The van der Waals surface area contributed by atoms with Crippen LogP contribution in [0, 0.1) is 0 Å². The van der Waals surface area contributed by atoms with Crippen molar-refractivity contribution < 1.29 is 9.90 Å². The molecule has 1 unspecified atom stereocenters. The summed E-state index contributed by atoms with van der Waals surface area (Å²) < 4.78 is 0. The van der Waals surface area contributed by atoms with E-state index in [9.17, 15) is 9.90 Å². The van der Waals surface area contributed by atoms with Gasteiger partial charge in [-0.25, -0.2) is 4.79 Å². The molecule has 132 valence electrons. The lowest BCUT2D eigenvalue weighted by molar-refractivity contribution is 0.203. The van der Waals surface area contributed by atoms with Crippen molar-refractivity contribution in [2.45, 2.75) is 31.2 Å². The minimum Gasteiger partial charge on any atom is -0.396 e. The Morgan fingerprint density at radius 3 is 2.67 bits per heavy atom. The summed E-state index contributed by atoms with van der Waals surface area (Å²) in [4.78, 5) is 14.5. The van der Waals surface area contributed by atoms with Gasteiger partial charge in [0.25, 0.3) is 0 Å².